The van der Waals surface area contributed by atoms with Gasteiger partial charge in [0.05, 0.1) is 6.54 Å². The second-order valence-corrected chi connectivity index (χ2v) is 2.60. The number of hydrogen-bond acceptors (Lipinski definition) is 5. The third-order valence-corrected chi connectivity index (χ3v) is 1.39. The van der Waals surface area contributed by atoms with Gasteiger partial charge >= 0.3 is 29.6 Å². The van der Waals surface area contributed by atoms with Crippen molar-refractivity contribution in [2.45, 2.75) is 6.54 Å². The van der Waals surface area contributed by atoms with Gasteiger partial charge in [-0.1, -0.05) is 11.1 Å². The Labute approximate surface area is 87.9 Å². The molecular weight excluding hydrogens is 179 g/mol. The second kappa shape index (κ2) is 5.78. The molecule has 0 radical (unpaired) electrons. The van der Waals surface area contributed by atoms with Gasteiger partial charge in [0.1, 0.15) is 6.33 Å². The minimum Gasteiger partial charge on any atom is -0.772 e. The van der Waals surface area contributed by atoms with Gasteiger partial charge in [-0.15, -0.1) is 5.10 Å². The van der Waals surface area contributed by atoms with E-state index in [0.29, 0.717) is 6.54 Å². The summed E-state index contributed by atoms with van der Waals surface area (Å²) in [7, 11) is 0. The molecule has 0 amide bonds. The van der Waals surface area contributed by atoms with Crippen molar-refractivity contribution in [1.29, 1.82) is 0 Å². The maximum absolute atomic E-state index is 10.0. The van der Waals surface area contributed by atoms with Gasteiger partial charge in [-0.2, -0.15) is 0 Å². The van der Waals surface area contributed by atoms with Crippen LogP contribution in [0.2, 0.25) is 0 Å². The van der Waals surface area contributed by atoms with Gasteiger partial charge in [-0.25, -0.2) is 4.68 Å². The van der Waals surface area contributed by atoms with Crippen molar-refractivity contribution in [2.24, 2.45) is 0 Å². The number of hydrogen-bond donors (Lipinski definition) is 0. The van der Waals surface area contributed by atoms with Crippen LogP contribution in [0.25, 0.3) is 0 Å². The quantitative estimate of drug-likeness (QED) is 0.349. The van der Waals surface area contributed by atoms with Crippen molar-refractivity contribution in [1.82, 2.24) is 20.2 Å². The molecule has 1 rings (SSSR count). The van der Waals surface area contributed by atoms with Crippen LogP contribution in [0.1, 0.15) is 0 Å². The summed E-state index contributed by atoms with van der Waals surface area (Å²) in [5, 5.41) is 10.1. The minimum atomic E-state index is -2.02. The molecule has 11 heavy (non-hydrogen) atoms. The Kier molecular flexibility index (Phi) is 5.88. The smallest absolute Gasteiger partial charge is 0.772 e. The first kappa shape index (κ1) is 11.2. The average molecular weight is 184 g/mol. The number of aryl methyl sites for hydroxylation is 1. The normalized spacial score (nSPS) is 12.1. The molecular formula is C3H5N4NaO2S. The zero-order chi connectivity index (χ0) is 7.40. The van der Waals surface area contributed by atoms with Crippen LogP contribution in [0, 0.1) is 0 Å². The predicted molar refractivity (Wildman–Crippen MR) is 31.6 cm³/mol. The van der Waals surface area contributed by atoms with Crippen molar-refractivity contribution in [3.8, 4) is 0 Å². The summed E-state index contributed by atoms with van der Waals surface area (Å²) in [6, 6.07) is 0. The van der Waals surface area contributed by atoms with Gasteiger partial charge in [0.2, 0.25) is 0 Å². The minimum absolute atomic E-state index is 0. The third kappa shape index (κ3) is 4.59. The Morgan fingerprint density at radius 3 is 2.82 bits per heavy atom. The molecule has 0 aromatic carbocycles. The van der Waals surface area contributed by atoms with Crippen molar-refractivity contribution in [3.05, 3.63) is 6.33 Å². The Morgan fingerprint density at radius 2 is 2.36 bits per heavy atom. The molecule has 0 aliphatic carbocycles. The summed E-state index contributed by atoms with van der Waals surface area (Å²) in [6.45, 7) is 0.309. The molecule has 1 aromatic heterocycles. The molecule has 0 N–H and O–H groups in total. The monoisotopic (exact) mass is 184 g/mol. The zero-order valence-corrected chi connectivity index (χ0v) is 8.82. The molecule has 1 aromatic rings. The molecule has 0 saturated carbocycles. The molecule has 6 nitrogen and oxygen atoms in total. The Hall–Kier alpha value is 0.180. The molecule has 0 saturated heterocycles. The average Bonchev–Trinajstić information content (AvgIpc) is 2.34. The van der Waals surface area contributed by atoms with Crippen LogP contribution in [0.3, 0.4) is 0 Å². The maximum atomic E-state index is 10.0. The van der Waals surface area contributed by atoms with E-state index in [1.165, 1.54) is 11.0 Å². The van der Waals surface area contributed by atoms with Crippen molar-refractivity contribution in [2.75, 3.05) is 5.75 Å². The van der Waals surface area contributed by atoms with Crippen LogP contribution in [-0.2, 0) is 17.6 Å². The van der Waals surface area contributed by atoms with Crippen LogP contribution in [0.4, 0.5) is 0 Å². The number of rotatable bonds is 3. The number of nitrogens with zero attached hydrogens (tertiary/aromatic N) is 4. The fourth-order valence-corrected chi connectivity index (χ4v) is 0.787. The first-order chi connectivity index (χ1) is 4.79. The second-order valence-electron chi connectivity index (χ2n) is 1.58. The Bertz CT molecular complexity index is 215. The molecule has 0 bridgehead atoms. The van der Waals surface area contributed by atoms with Crippen LogP contribution >= 0.6 is 0 Å². The Balaban J connectivity index is 0.000001000. The summed E-state index contributed by atoms with van der Waals surface area (Å²) in [5.41, 5.74) is 0. The largest absolute Gasteiger partial charge is 1.00 e. The first-order valence-electron chi connectivity index (χ1n) is 2.55. The Morgan fingerprint density at radius 1 is 1.64 bits per heavy atom. The van der Waals surface area contributed by atoms with E-state index in [-0.39, 0.29) is 35.3 Å². The third-order valence-electron chi connectivity index (χ3n) is 0.879. The van der Waals surface area contributed by atoms with Gasteiger partial charge in [0.15, 0.2) is 0 Å². The van der Waals surface area contributed by atoms with E-state index < -0.39 is 11.1 Å². The van der Waals surface area contributed by atoms with Crippen molar-refractivity contribution in [3.63, 3.8) is 0 Å². The van der Waals surface area contributed by atoms with Gasteiger partial charge < -0.3 is 4.55 Å². The number of tetrazole rings is 1. The number of aromatic nitrogens is 4. The van der Waals surface area contributed by atoms with E-state index in [1.54, 1.807) is 0 Å². The van der Waals surface area contributed by atoms with E-state index >= 15 is 0 Å². The molecule has 0 spiro atoms. The summed E-state index contributed by atoms with van der Waals surface area (Å²) < 4.78 is 21.4. The fraction of sp³-hybridized carbons (Fsp3) is 0.667. The molecule has 0 aliphatic heterocycles. The van der Waals surface area contributed by atoms with Gasteiger partial charge in [-0.05, 0) is 10.4 Å². The summed E-state index contributed by atoms with van der Waals surface area (Å²) >= 11 is -2.02. The first-order valence-corrected chi connectivity index (χ1v) is 3.80. The van der Waals surface area contributed by atoms with Gasteiger partial charge in [-0.3, -0.25) is 4.21 Å². The predicted octanol–water partition coefficient (Wildman–Crippen LogP) is -4.44. The van der Waals surface area contributed by atoms with E-state index in [9.17, 15) is 8.76 Å². The van der Waals surface area contributed by atoms with Gasteiger partial charge in [0, 0.05) is 5.75 Å². The molecule has 1 atom stereocenters. The molecule has 1 unspecified atom stereocenters. The fourth-order valence-electron chi connectivity index (χ4n) is 0.451. The molecule has 8 heteroatoms. The van der Waals surface area contributed by atoms with Crippen molar-refractivity contribution < 1.29 is 38.3 Å². The topological polar surface area (TPSA) is 83.7 Å². The van der Waals surface area contributed by atoms with E-state index in [4.69, 9.17) is 0 Å². The van der Waals surface area contributed by atoms with Crippen molar-refractivity contribution >= 4 is 11.1 Å². The van der Waals surface area contributed by atoms with E-state index in [0.717, 1.165) is 0 Å². The molecule has 1 heterocycles. The zero-order valence-electron chi connectivity index (χ0n) is 6.01. The SMILES string of the molecule is O=S([O-])CCn1cnnn1.[Na+]. The molecule has 0 aliphatic rings. The van der Waals surface area contributed by atoms with Crippen LogP contribution < -0.4 is 29.6 Å². The molecule has 56 valence electrons. The summed E-state index contributed by atoms with van der Waals surface area (Å²) in [5.74, 6) is 0.0467. The van der Waals surface area contributed by atoms with Crippen LogP contribution in [0.15, 0.2) is 6.33 Å². The van der Waals surface area contributed by atoms with Crippen LogP contribution in [0.5, 0.6) is 0 Å². The van der Waals surface area contributed by atoms with Crippen LogP contribution in [-0.4, -0.2) is 34.7 Å². The van der Waals surface area contributed by atoms with Gasteiger partial charge in [0.25, 0.3) is 0 Å². The maximum Gasteiger partial charge on any atom is 1.00 e. The molecule has 0 fully saturated rings. The standard InChI is InChI=1S/C3H6N4O2S.Na/c8-10(9)2-1-7-3-4-5-6-7;/h3H,1-2H2,(H,8,9);/q;+1/p-1. The van der Waals surface area contributed by atoms with E-state index in [2.05, 4.69) is 15.5 Å². The summed E-state index contributed by atoms with van der Waals surface area (Å²) in [6.07, 6.45) is 1.37. The summed E-state index contributed by atoms with van der Waals surface area (Å²) in [4.78, 5) is 0. The van der Waals surface area contributed by atoms with E-state index in [1.807, 2.05) is 0 Å².